The third-order valence-corrected chi connectivity index (χ3v) is 4.26. The Kier molecular flexibility index (Phi) is 3.67. The molecule has 0 saturated carbocycles. The van der Waals surface area contributed by atoms with E-state index >= 15 is 0 Å². The number of ether oxygens (including phenoxy) is 1. The standard InChI is InChI=1S/C19H14ClN3O/c1-24-15-9-7-13(8-10-15)16-11-23(14-5-3-2-4-6-14)19-17(16)18(20)21-12-22-19/h2-12H,1H3. The van der Waals surface area contributed by atoms with Gasteiger partial charge in [0.05, 0.1) is 12.5 Å². The van der Waals surface area contributed by atoms with E-state index in [4.69, 9.17) is 16.3 Å². The predicted octanol–water partition coefficient (Wildman–Crippen LogP) is 4.75. The Morgan fingerprint density at radius 1 is 0.958 bits per heavy atom. The molecule has 0 saturated heterocycles. The highest BCUT2D eigenvalue weighted by Gasteiger charge is 2.16. The summed E-state index contributed by atoms with van der Waals surface area (Å²) in [5, 5.41) is 1.29. The average Bonchev–Trinajstić information content (AvgIpc) is 3.04. The van der Waals surface area contributed by atoms with Crippen molar-refractivity contribution in [1.82, 2.24) is 14.5 Å². The third kappa shape index (κ3) is 2.41. The van der Waals surface area contributed by atoms with Gasteiger partial charge in [0.1, 0.15) is 22.9 Å². The van der Waals surface area contributed by atoms with E-state index in [2.05, 4.69) is 9.97 Å². The molecule has 0 aliphatic carbocycles. The molecule has 0 N–H and O–H groups in total. The van der Waals surface area contributed by atoms with E-state index in [0.717, 1.165) is 33.6 Å². The SMILES string of the molecule is COc1ccc(-c2cn(-c3ccccc3)c3ncnc(Cl)c23)cc1. The maximum atomic E-state index is 6.38. The lowest BCUT2D eigenvalue weighted by Crippen LogP contribution is -1.93. The van der Waals surface area contributed by atoms with Gasteiger partial charge in [0, 0.05) is 17.4 Å². The molecule has 0 aliphatic heterocycles. The van der Waals surface area contributed by atoms with Crippen molar-refractivity contribution in [2.75, 3.05) is 7.11 Å². The molecule has 2 aromatic heterocycles. The van der Waals surface area contributed by atoms with Crippen LogP contribution < -0.4 is 4.74 Å². The maximum absolute atomic E-state index is 6.38. The van der Waals surface area contributed by atoms with Gasteiger partial charge in [-0.05, 0) is 29.8 Å². The van der Waals surface area contributed by atoms with Gasteiger partial charge in [-0.1, -0.05) is 41.9 Å². The average molecular weight is 336 g/mol. The number of benzene rings is 2. The summed E-state index contributed by atoms with van der Waals surface area (Å²) < 4.78 is 7.27. The molecule has 4 rings (SSSR count). The first-order chi connectivity index (χ1) is 11.8. The fourth-order valence-corrected chi connectivity index (χ4v) is 3.03. The van der Waals surface area contributed by atoms with Crippen LogP contribution in [-0.2, 0) is 0 Å². The van der Waals surface area contributed by atoms with Crippen LogP contribution in [0.4, 0.5) is 0 Å². The number of halogens is 1. The van der Waals surface area contributed by atoms with Crippen molar-refractivity contribution >= 4 is 22.6 Å². The molecule has 5 heteroatoms. The largest absolute Gasteiger partial charge is 0.497 e. The second-order valence-electron chi connectivity index (χ2n) is 5.34. The molecule has 0 amide bonds. The van der Waals surface area contributed by atoms with Gasteiger partial charge in [-0.15, -0.1) is 0 Å². The van der Waals surface area contributed by atoms with Gasteiger partial charge >= 0.3 is 0 Å². The first-order valence-corrected chi connectivity index (χ1v) is 7.87. The summed E-state index contributed by atoms with van der Waals surface area (Å²) >= 11 is 6.38. The van der Waals surface area contributed by atoms with E-state index in [1.54, 1.807) is 7.11 Å². The van der Waals surface area contributed by atoms with E-state index in [-0.39, 0.29) is 0 Å². The number of methoxy groups -OCH3 is 1. The number of fused-ring (bicyclic) bond motifs is 1. The molecule has 0 fully saturated rings. The molecule has 0 bridgehead atoms. The molecule has 0 spiro atoms. The quantitative estimate of drug-likeness (QED) is 0.507. The maximum Gasteiger partial charge on any atom is 0.150 e. The van der Waals surface area contributed by atoms with Crippen LogP contribution in [0.15, 0.2) is 67.1 Å². The van der Waals surface area contributed by atoms with Crippen LogP contribution in [0.2, 0.25) is 5.15 Å². The van der Waals surface area contributed by atoms with Crippen molar-refractivity contribution in [1.29, 1.82) is 0 Å². The zero-order chi connectivity index (χ0) is 16.5. The van der Waals surface area contributed by atoms with Crippen molar-refractivity contribution in [3.05, 3.63) is 72.3 Å². The normalized spacial score (nSPS) is 10.9. The van der Waals surface area contributed by atoms with E-state index in [1.807, 2.05) is 65.4 Å². The van der Waals surface area contributed by atoms with Crippen LogP contribution in [-0.4, -0.2) is 21.6 Å². The Hall–Kier alpha value is -2.85. The van der Waals surface area contributed by atoms with E-state index in [1.165, 1.54) is 6.33 Å². The molecule has 4 nitrogen and oxygen atoms in total. The Labute approximate surface area is 144 Å². The summed E-state index contributed by atoms with van der Waals surface area (Å²) in [4.78, 5) is 8.59. The minimum absolute atomic E-state index is 0.445. The fraction of sp³-hybridized carbons (Fsp3) is 0.0526. The molecular weight excluding hydrogens is 322 g/mol. The lowest BCUT2D eigenvalue weighted by Gasteiger charge is -2.03. The second-order valence-corrected chi connectivity index (χ2v) is 5.70. The van der Waals surface area contributed by atoms with Crippen LogP contribution in [0.25, 0.3) is 27.8 Å². The zero-order valence-corrected chi connectivity index (χ0v) is 13.7. The monoisotopic (exact) mass is 335 g/mol. The van der Waals surface area contributed by atoms with Crippen LogP contribution in [0.5, 0.6) is 5.75 Å². The van der Waals surface area contributed by atoms with E-state index in [0.29, 0.717) is 5.15 Å². The van der Waals surface area contributed by atoms with Gasteiger partial charge in [0.25, 0.3) is 0 Å². The summed E-state index contributed by atoms with van der Waals surface area (Å²) in [5.41, 5.74) is 3.83. The van der Waals surface area contributed by atoms with Gasteiger partial charge in [-0.3, -0.25) is 0 Å². The summed E-state index contributed by atoms with van der Waals surface area (Å²) in [6, 6.07) is 17.9. The highest BCUT2D eigenvalue weighted by atomic mass is 35.5. The van der Waals surface area contributed by atoms with Gasteiger partial charge < -0.3 is 9.30 Å². The second kappa shape index (κ2) is 5.98. The third-order valence-electron chi connectivity index (χ3n) is 3.97. The number of nitrogens with zero attached hydrogens (tertiary/aromatic N) is 3. The molecule has 0 unspecified atom stereocenters. The molecule has 24 heavy (non-hydrogen) atoms. The minimum Gasteiger partial charge on any atom is -0.497 e. The Bertz CT molecular complexity index is 994. The van der Waals surface area contributed by atoms with Crippen LogP contribution in [0, 0.1) is 0 Å². The highest BCUT2D eigenvalue weighted by molar-refractivity contribution is 6.35. The number of rotatable bonds is 3. The van der Waals surface area contributed by atoms with Crippen molar-refractivity contribution in [3.8, 4) is 22.6 Å². The van der Waals surface area contributed by atoms with Gasteiger partial charge in [-0.25, -0.2) is 9.97 Å². The van der Waals surface area contributed by atoms with Crippen LogP contribution in [0.3, 0.4) is 0 Å². The van der Waals surface area contributed by atoms with Gasteiger partial charge in [0.15, 0.2) is 0 Å². The smallest absolute Gasteiger partial charge is 0.150 e. The van der Waals surface area contributed by atoms with Gasteiger partial charge in [-0.2, -0.15) is 0 Å². The zero-order valence-electron chi connectivity index (χ0n) is 13.0. The Balaban J connectivity index is 1.98. The molecule has 0 aliphatic rings. The minimum atomic E-state index is 0.445. The van der Waals surface area contributed by atoms with Crippen LogP contribution >= 0.6 is 11.6 Å². The topological polar surface area (TPSA) is 39.9 Å². The van der Waals surface area contributed by atoms with E-state index < -0.39 is 0 Å². The fourth-order valence-electron chi connectivity index (χ4n) is 2.80. The predicted molar refractivity (Wildman–Crippen MR) is 95.9 cm³/mol. The first kappa shape index (κ1) is 14.7. The molecular formula is C19H14ClN3O. The highest BCUT2D eigenvalue weighted by Crippen LogP contribution is 2.35. The number of hydrogen-bond acceptors (Lipinski definition) is 3. The number of aromatic nitrogens is 3. The Morgan fingerprint density at radius 3 is 2.42 bits per heavy atom. The van der Waals surface area contributed by atoms with Crippen molar-refractivity contribution < 1.29 is 4.74 Å². The summed E-state index contributed by atoms with van der Waals surface area (Å²) in [5.74, 6) is 0.813. The Morgan fingerprint density at radius 2 is 1.71 bits per heavy atom. The van der Waals surface area contributed by atoms with Crippen molar-refractivity contribution in [2.45, 2.75) is 0 Å². The molecule has 4 aromatic rings. The molecule has 0 atom stereocenters. The molecule has 2 heterocycles. The lowest BCUT2D eigenvalue weighted by atomic mass is 10.1. The summed E-state index contributed by atoms with van der Waals surface area (Å²) in [7, 11) is 1.65. The number of para-hydroxylation sites is 1. The van der Waals surface area contributed by atoms with Crippen molar-refractivity contribution in [2.24, 2.45) is 0 Å². The first-order valence-electron chi connectivity index (χ1n) is 7.49. The van der Waals surface area contributed by atoms with Crippen LogP contribution in [0.1, 0.15) is 0 Å². The van der Waals surface area contributed by atoms with Crippen molar-refractivity contribution in [3.63, 3.8) is 0 Å². The number of hydrogen-bond donors (Lipinski definition) is 0. The van der Waals surface area contributed by atoms with Gasteiger partial charge in [0.2, 0.25) is 0 Å². The molecule has 0 radical (unpaired) electrons. The lowest BCUT2D eigenvalue weighted by molar-refractivity contribution is 0.415. The summed E-state index contributed by atoms with van der Waals surface area (Å²) in [6.45, 7) is 0. The molecule has 2 aromatic carbocycles. The van der Waals surface area contributed by atoms with E-state index in [9.17, 15) is 0 Å². The summed E-state index contributed by atoms with van der Waals surface area (Å²) in [6.07, 6.45) is 3.53. The molecule has 118 valence electrons.